The number of nitrogens with one attached hydrogen (secondary N) is 1. The standard InChI is InChI=1S/C29H33Cl2F3N4O5/c1-42-27(40)35-20-14-19(13-18-9-11-23(12-10-18)43-29(32,33)34)26(39)38(22-15-24(30)36-25(31)16-22)28(41)37(17-20)21-7-5-3-2-4-6-8-21/h9-12,15-16,19-21H,2-8,13-14,17H2,1H3,(H,35,40)/t19-,20+/m1/s1. The number of aromatic nitrogens is 1. The first kappa shape index (κ1) is 32.7. The summed E-state index contributed by atoms with van der Waals surface area (Å²) in [4.78, 5) is 47.6. The molecule has 2 fully saturated rings. The fraction of sp³-hybridized carbons (Fsp3) is 0.517. The highest BCUT2D eigenvalue weighted by atomic mass is 35.5. The smallest absolute Gasteiger partial charge is 0.453 e. The second-order valence-electron chi connectivity index (χ2n) is 10.7. The van der Waals surface area contributed by atoms with Crippen LogP contribution >= 0.6 is 23.2 Å². The van der Waals surface area contributed by atoms with Crippen molar-refractivity contribution in [1.82, 2.24) is 15.2 Å². The van der Waals surface area contributed by atoms with Gasteiger partial charge in [-0.25, -0.2) is 19.5 Å². The van der Waals surface area contributed by atoms with Crippen LogP contribution in [0, 0.1) is 5.92 Å². The molecular weight excluding hydrogens is 612 g/mol. The maximum atomic E-state index is 14.4. The maximum Gasteiger partial charge on any atom is 0.573 e. The number of halogens is 5. The highest BCUT2D eigenvalue weighted by Crippen LogP contribution is 2.32. The number of benzene rings is 1. The van der Waals surface area contributed by atoms with Crippen molar-refractivity contribution < 1.29 is 37.0 Å². The lowest BCUT2D eigenvalue weighted by Crippen LogP contribution is -2.59. The van der Waals surface area contributed by atoms with Crippen molar-refractivity contribution in [2.75, 3.05) is 18.6 Å². The fourth-order valence-corrected chi connectivity index (χ4v) is 6.17. The molecule has 4 rings (SSSR count). The van der Waals surface area contributed by atoms with E-state index in [1.165, 1.54) is 31.4 Å². The summed E-state index contributed by atoms with van der Waals surface area (Å²) in [6, 6.07) is 6.52. The van der Waals surface area contributed by atoms with E-state index in [4.69, 9.17) is 27.9 Å². The molecule has 43 heavy (non-hydrogen) atoms. The van der Waals surface area contributed by atoms with Gasteiger partial charge in [0.25, 0.3) is 0 Å². The number of nitrogens with zero attached hydrogens (tertiary/aromatic N) is 3. The number of carbonyl (C=O) groups is 3. The van der Waals surface area contributed by atoms with E-state index >= 15 is 0 Å². The first-order chi connectivity index (χ1) is 20.4. The third kappa shape index (κ3) is 9.12. The highest BCUT2D eigenvalue weighted by molar-refractivity contribution is 6.33. The van der Waals surface area contributed by atoms with Gasteiger partial charge in [0.15, 0.2) is 0 Å². The Morgan fingerprint density at radius 2 is 1.63 bits per heavy atom. The molecule has 1 N–H and O–H groups in total. The monoisotopic (exact) mass is 644 g/mol. The SMILES string of the molecule is COC(=O)N[C@H]1C[C@@H](Cc2ccc(OC(F)(F)F)cc2)C(=O)N(c2cc(Cl)nc(Cl)c2)C(=O)N(C2CCCCCCC2)C1. The lowest BCUT2D eigenvalue weighted by atomic mass is 9.89. The van der Waals surface area contributed by atoms with Gasteiger partial charge >= 0.3 is 18.5 Å². The topological polar surface area (TPSA) is 101 Å². The Hall–Kier alpha value is -3.25. The fourth-order valence-electron chi connectivity index (χ4n) is 5.72. The lowest BCUT2D eigenvalue weighted by molar-refractivity contribution is -0.274. The molecule has 0 radical (unpaired) electrons. The molecule has 1 aromatic heterocycles. The number of pyridine rings is 1. The van der Waals surface area contributed by atoms with Crippen molar-refractivity contribution in [3.8, 4) is 5.75 Å². The van der Waals surface area contributed by atoms with E-state index in [2.05, 4.69) is 15.0 Å². The van der Waals surface area contributed by atoms with E-state index in [-0.39, 0.29) is 41.4 Å². The summed E-state index contributed by atoms with van der Waals surface area (Å²) in [5.41, 5.74) is 0.675. The molecule has 2 atom stereocenters. The minimum atomic E-state index is -4.85. The molecule has 234 valence electrons. The van der Waals surface area contributed by atoms with Crippen molar-refractivity contribution in [2.45, 2.75) is 76.2 Å². The Kier molecular flexibility index (Phi) is 11.0. The van der Waals surface area contributed by atoms with Crippen LogP contribution in [0.1, 0.15) is 56.9 Å². The molecule has 2 aromatic rings. The molecule has 0 spiro atoms. The van der Waals surface area contributed by atoms with Crippen LogP contribution in [-0.4, -0.2) is 60.0 Å². The number of carbonyl (C=O) groups excluding carboxylic acids is 3. The maximum absolute atomic E-state index is 14.4. The zero-order valence-electron chi connectivity index (χ0n) is 23.5. The van der Waals surface area contributed by atoms with Gasteiger partial charge in [-0.3, -0.25) is 4.79 Å². The van der Waals surface area contributed by atoms with Gasteiger partial charge in [-0.2, -0.15) is 0 Å². The predicted molar refractivity (Wildman–Crippen MR) is 154 cm³/mol. The van der Waals surface area contributed by atoms with Crippen molar-refractivity contribution in [1.29, 1.82) is 0 Å². The third-order valence-electron chi connectivity index (χ3n) is 7.66. The summed E-state index contributed by atoms with van der Waals surface area (Å²) in [5, 5.41) is 2.76. The molecule has 1 saturated carbocycles. The van der Waals surface area contributed by atoms with E-state index in [0.717, 1.165) is 62.0 Å². The number of hydrogen-bond acceptors (Lipinski definition) is 6. The summed E-state index contributed by atoms with van der Waals surface area (Å²) in [7, 11) is 1.22. The number of hydrogen-bond donors (Lipinski definition) is 1. The zero-order valence-corrected chi connectivity index (χ0v) is 25.1. The summed E-state index contributed by atoms with van der Waals surface area (Å²) in [6.07, 6.45) is 1.14. The number of amides is 4. The molecule has 0 bridgehead atoms. The summed E-state index contributed by atoms with van der Waals surface area (Å²) in [6.45, 7) is 0.115. The summed E-state index contributed by atoms with van der Waals surface area (Å²) in [5.74, 6) is -1.85. The van der Waals surface area contributed by atoms with Gasteiger partial charge in [-0.05, 0) is 55.5 Å². The van der Waals surface area contributed by atoms with Crippen LogP contribution in [-0.2, 0) is 16.0 Å². The first-order valence-electron chi connectivity index (χ1n) is 14.1. The second-order valence-corrected chi connectivity index (χ2v) is 11.5. The number of alkyl carbamates (subject to hydrolysis) is 1. The van der Waals surface area contributed by atoms with Gasteiger partial charge in [-0.15, -0.1) is 13.2 Å². The number of methoxy groups -OCH3 is 1. The van der Waals surface area contributed by atoms with Crippen molar-refractivity contribution in [3.63, 3.8) is 0 Å². The molecule has 1 saturated heterocycles. The van der Waals surface area contributed by atoms with Crippen LogP contribution in [0.25, 0.3) is 0 Å². The van der Waals surface area contributed by atoms with Gasteiger partial charge in [0.1, 0.15) is 16.1 Å². The number of alkyl halides is 3. The number of ether oxygens (including phenoxy) is 2. The molecule has 1 aliphatic carbocycles. The van der Waals surface area contributed by atoms with E-state index in [0.29, 0.717) is 5.56 Å². The molecule has 2 aliphatic rings. The molecule has 0 unspecified atom stereocenters. The molecular formula is C29H33Cl2F3N4O5. The van der Waals surface area contributed by atoms with Crippen LogP contribution in [0.15, 0.2) is 36.4 Å². The Balaban J connectivity index is 1.72. The number of rotatable bonds is 6. The quantitative estimate of drug-likeness (QED) is 0.335. The predicted octanol–water partition coefficient (Wildman–Crippen LogP) is 7.14. The number of anilines is 1. The average Bonchev–Trinajstić information content (AvgIpc) is 2.90. The van der Waals surface area contributed by atoms with Crippen molar-refractivity contribution in [3.05, 3.63) is 52.3 Å². The second kappa shape index (κ2) is 14.5. The largest absolute Gasteiger partial charge is 0.573 e. The Morgan fingerprint density at radius 1 is 1.02 bits per heavy atom. The molecule has 14 heteroatoms. The third-order valence-corrected chi connectivity index (χ3v) is 8.05. The van der Waals surface area contributed by atoms with Gasteiger partial charge < -0.3 is 19.7 Å². The van der Waals surface area contributed by atoms with Gasteiger partial charge in [0.2, 0.25) is 5.91 Å². The van der Waals surface area contributed by atoms with Gasteiger partial charge in [0, 0.05) is 18.5 Å². The van der Waals surface area contributed by atoms with E-state index < -0.39 is 42.1 Å². The van der Waals surface area contributed by atoms with Crippen LogP contribution in [0.3, 0.4) is 0 Å². The Bertz CT molecular complexity index is 1270. The molecule has 1 aromatic carbocycles. The number of imide groups is 1. The molecule has 4 amide bonds. The van der Waals surface area contributed by atoms with Crippen molar-refractivity contribution >= 4 is 46.9 Å². The highest BCUT2D eigenvalue weighted by Gasteiger charge is 2.41. The minimum absolute atomic E-state index is 0.00954. The Morgan fingerprint density at radius 3 is 2.21 bits per heavy atom. The van der Waals surface area contributed by atoms with Gasteiger partial charge in [-0.1, -0.05) is 67.4 Å². The first-order valence-corrected chi connectivity index (χ1v) is 14.9. The van der Waals surface area contributed by atoms with Crippen LogP contribution < -0.4 is 15.0 Å². The van der Waals surface area contributed by atoms with Crippen LogP contribution in [0.2, 0.25) is 10.3 Å². The van der Waals surface area contributed by atoms with E-state index in [9.17, 15) is 27.6 Å². The van der Waals surface area contributed by atoms with Crippen LogP contribution in [0.5, 0.6) is 5.75 Å². The zero-order chi connectivity index (χ0) is 31.1. The number of urea groups is 1. The molecule has 1 aliphatic heterocycles. The summed E-state index contributed by atoms with van der Waals surface area (Å²) >= 11 is 12.3. The molecule has 9 nitrogen and oxygen atoms in total. The van der Waals surface area contributed by atoms with Gasteiger partial charge in [0.05, 0.1) is 18.8 Å². The lowest BCUT2D eigenvalue weighted by Gasteiger charge is -2.42. The average molecular weight is 646 g/mol. The van der Waals surface area contributed by atoms with Crippen molar-refractivity contribution in [2.24, 2.45) is 5.92 Å². The Labute approximate surface area is 257 Å². The van der Waals surface area contributed by atoms with Crippen LogP contribution in [0.4, 0.5) is 28.4 Å². The normalized spacial score (nSPS) is 21.0. The summed E-state index contributed by atoms with van der Waals surface area (Å²) < 4.78 is 46.8. The van der Waals surface area contributed by atoms with E-state index in [1.54, 1.807) is 4.90 Å². The minimum Gasteiger partial charge on any atom is -0.453 e. The molecule has 2 heterocycles. The van der Waals surface area contributed by atoms with E-state index in [1.807, 2.05) is 0 Å².